The van der Waals surface area contributed by atoms with Crippen LogP contribution in [0.5, 0.6) is 0 Å². The van der Waals surface area contributed by atoms with Gasteiger partial charge in [0, 0.05) is 10.9 Å². The predicted octanol–water partition coefficient (Wildman–Crippen LogP) is 2.29. The number of hydrogen-bond acceptors (Lipinski definition) is 1. The van der Waals surface area contributed by atoms with Crippen LogP contribution < -0.4 is 5.73 Å². The Labute approximate surface area is 71.5 Å². The lowest BCUT2D eigenvalue weighted by Gasteiger charge is -2.34. The van der Waals surface area contributed by atoms with Crippen LogP contribution in [0.4, 0.5) is 0 Å². The summed E-state index contributed by atoms with van der Waals surface area (Å²) in [7, 11) is 0. The zero-order valence-electron chi connectivity index (χ0n) is 6.57. The molecule has 1 aliphatic rings. The van der Waals surface area contributed by atoms with E-state index in [0.29, 0.717) is 0 Å². The Morgan fingerprint density at radius 1 is 1.50 bits per heavy atom. The minimum Gasteiger partial charge on any atom is -0.324 e. The fourth-order valence-electron chi connectivity index (χ4n) is 1.47. The molecule has 60 valence electrons. The molecule has 0 aromatic carbocycles. The van der Waals surface area contributed by atoms with Gasteiger partial charge < -0.3 is 5.73 Å². The number of hydrogen-bond donors (Lipinski definition) is 1. The molecule has 1 nitrogen and oxygen atoms in total. The van der Waals surface area contributed by atoms with Gasteiger partial charge in [0.1, 0.15) is 0 Å². The summed E-state index contributed by atoms with van der Waals surface area (Å²) in [5, 5.41) is 0.965. The first kappa shape index (κ1) is 8.54. The first-order valence-corrected chi connectivity index (χ1v) is 5.13. The second kappa shape index (κ2) is 3.22. The molecule has 0 unspecified atom stereocenters. The molecule has 1 rings (SSSR count). The number of halogens is 1. The molecule has 0 bridgehead atoms. The van der Waals surface area contributed by atoms with Crippen LogP contribution in [0.1, 0.15) is 32.6 Å². The van der Waals surface area contributed by atoms with Crippen molar-refractivity contribution in [1.29, 1.82) is 0 Å². The topological polar surface area (TPSA) is 26.0 Å². The van der Waals surface area contributed by atoms with Crippen LogP contribution in [0.25, 0.3) is 0 Å². The molecular weight excluding hydrogens is 190 g/mol. The summed E-state index contributed by atoms with van der Waals surface area (Å²) in [5.74, 6) is 0.899. The molecular formula is C8H16BrN. The van der Waals surface area contributed by atoms with Gasteiger partial charge in [0.05, 0.1) is 0 Å². The lowest BCUT2D eigenvalue weighted by atomic mass is 9.79. The van der Waals surface area contributed by atoms with Gasteiger partial charge in [-0.05, 0) is 31.6 Å². The molecule has 0 atom stereocenters. The molecule has 0 aliphatic heterocycles. The van der Waals surface area contributed by atoms with Gasteiger partial charge in [-0.3, -0.25) is 0 Å². The summed E-state index contributed by atoms with van der Waals surface area (Å²) < 4.78 is 0. The maximum Gasteiger partial charge on any atom is 0.0252 e. The summed E-state index contributed by atoms with van der Waals surface area (Å²) >= 11 is 3.46. The Kier molecular flexibility index (Phi) is 2.75. The molecule has 0 saturated heterocycles. The van der Waals surface area contributed by atoms with Crippen LogP contribution in [0.2, 0.25) is 0 Å². The molecule has 0 heterocycles. The van der Waals surface area contributed by atoms with E-state index in [1.807, 2.05) is 0 Å². The predicted molar refractivity (Wildman–Crippen MR) is 48.3 cm³/mol. The molecule has 0 spiro atoms. The summed E-state index contributed by atoms with van der Waals surface area (Å²) in [4.78, 5) is 0. The molecule has 1 saturated carbocycles. The summed E-state index contributed by atoms with van der Waals surface area (Å²) in [6, 6.07) is 0. The Balaban J connectivity index is 2.38. The van der Waals surface area contributed by atoms with Crippen molar-refractivity contribution < 1.29 is 0 Å². The van der Waals surface area contributed by atoms with Gasteiger partial charge in [0.2, 0.25) is 0 Å². The molecule has 0 aromatic rings. The van der Waals surface area contributed by atoms with Crippen molar-refractivity contribution >= 4 is 15.9 Å². The van der Waals surface area contributed by atoms with Gasteiger partial charge >= 0.3 is 0 Å². The lowest BCUT2D eigenvalue weighted by molar-refractivity contribution is 0.270. The van der Waals surface area contributed by atoms with E-state index in [-0.39, 0.29) is 5.54 Å². The smallest absolute Gasteiger partial charge is 0.0252 e. The first-order valence-electron chi connectivity index (χ1n) is 4.01. The third-order valence-corrected chi connectivity index (χ3v) is 3.65. The van der Waals surface area contributed by atoms with Crippen molar-refractivity contribution in [1.82, 2.24) is 0 Å². The molecule has 0 amide bonds. The van der Waals surface area contributed by atoms with Gasteiger partial charge in [0.15, 0.2) is 0 Å². The van der Waals surface area contributed by atoms with Crippen LogP contribution in [0.3, 0.4) is 0 Å². The SMILES string of the molecule is CC1CCC(N)(CBr)CC1. The van der Waals surface area contributed by atoms with Crippen LogP contribution in [0, 0.1) is 5.92 Å². The molecule has 2 heteroatoms. The Hall–Kier alpha value is 0.440. The van der Waals surface area contributed by atoms with Crippen molar-refractivity contribution in [3.63, 3.8) is 0 Å². The van der Waals surface area contributed by atoms with Crippen molar-refractivity contribution in [3.8, 4) is 0 Å². The highest BCUT2D eigenvalue weighted by molar-refractivity contribution is 9.09. The average Bonchev–Trinajstić information content (AvgIpc) is 1.96. The monoisotopic (exact) mass is 205 g/mol. The number of alkyl halides is 1. The first-order chi connectivity index (χ1) is 4.66. The van der Waals surface area contributed by atoms with Gasteiger partial charge in [-0.15, -0.1) is 0 Å². The van der Waals surface area contributed by atoms with E-state index in [2.05, 4.69) is 22.9 Å². The fourth-order valence-corrected chi connectivity index (χ4v) is 2.03. The van der Waals surface area contributed by atoms with Crippen molar-refractivity contribution in [2.45, 2.75) is 38.1 Å². The van der Waals surface area contributed by atoms with E-state index >= 15 is 0 Å². The van der Waals surface area contributed by atoms with E-state index in [1.165, 1.54) is 25.7 Å². The van der Waals surface area contributed by atoms with Gasteiger partial charge in [-0.25, -0.2) is 0 Å². The minimum absolute atomic E-state index is 0.118. The average molecular weight is 206 g/mol. The normalized spacial score (nSPS) is 41.7. The zero-order chi connectivity index (χ0) is 7.61. The van der Waals surface area contributed by atoms with E-state index < -0.39 is 0 Å². The Morgan fingerprint density at radius 3 is 2.40 bits per heavy atom. The highest BCUT2D eigenvalue weighted by Crippen LogP contribution is 2.30. The number of rotatable bonds is 1. The van der Waals surface area contributed by atoms with Crippen LogP contribution in [-0.2, 0) is 0 Å². The highest BCUT2D eigenvalue weighted by Gasteiger charge is 2.28. The maximum absolute atomic E-state index is 6.07. The minimum atomic E-state index is 0.118. The molecule has 1 fully saturated rings. The van der Waals surface area contributed by atoms with Gasteiger partial charge in [0.25, 0.3) is 0 Å². The molecule has 2 N–H and O–H groups in total. The number of nitrogens with two attached hydrogens (primary N) is 1. The summed E-state index contributed by atoms with van der Waals surface area (Å²) in [5.41, 5.74) is 6.19. The standard InChI is InChI=1S/C8H16BrN/c1-7-2-4-8(10,6-9)5-3-7/h7H,2-6,10H2,1H3. The van der Waals surface area contributed by atoms with E-state index in [4.69, 9.17) is 5.73 Å². The van der Waals surface area contributed by atoms with E-state index in [0.717, 1.165) is 11.2 Å². The van der Waals surface area contributed by atoms with Gasteiger partial charge in [-0.2, -0.15) is 0 Å². The summed E-state index contributed by atoms with van der Waals surface area (Å²) in [6.07, 6.45) is 5.00. The lowest BCUT2D eigenvalue weighted by Crippen LogP contribution is -2.44. The second-order valence-corrected chi connectivity index (χ2v) is 4.24. The van der Waals surface area contributed by atoms with Crippen LogP contribution in [-0.4, -0.2) is 10.9 Å². The summed E-state index contributed by atoms with van der Waals surface area (Å²) in [6.45, 7) is 2.31. The maximum atomic E-state index is 6.07. The second-order valence-electron chi connectivity index (χ2n) is 3.68. The van der Waals surface area contributed by atoms with Crippen LogP contribution >= 0.6 is 15.9 Å². The molecule has 0 radical (unpaired) electrons. The van der Waals surface area contributed by atoms with Crippen LogP contribution in [0.15, 0.2) is 0 Å². The Morgan fingerprint density at radius 2 is 2.00 bits per heavy atom. The molecule has 1 aliphatic carbocycles. The molecule has 0 aromatic heterocycles. The third kappa shape index (κ3) is 1.96. The zero-order valence-corrected chi connectivity index (χ0v) is 8.15. The van der Waals surface area contributed by atoms with Crippen molar-refractivity contribution in [3.05, 3.63) is 0 Å². The Bertz CT molecular complexity index is 106. The van der Waals surface area contributed by atoms with E-state index in [1.54, 1.807) is 0 Å². The van der Waals surface area contributed by atoms with Gasteiger partial charge in [-0.1, -0.05) is 22.9 Å². The largest absolute Gasteiger partial charge is 0.324 e. The van der Waals surface area contributed by atoms with Crippen molar-refractivity contribution in [2.24, 2.45) is 11.7 Å². The van der Waals surface area contributed by atoms with E-state index in [9.17, 15) is 0 Å². The fraction of sp³-hybridized carbons (Fsp3) is 1.00. The third-order valence-electron chi connectivity index (χ3n) is 2.54. The quantitative estimate of drug-likeness (QED) is 0.654. The van der Waals surface area contributed by atoms with Crippen molar-refractivity contribution in [2.75, 3.05) is 5.33 Å². The molecule has 10 heavy (non-hydrogen) atoms. The highest BCUT2D eigenvalue weighted by atomic mass is 79.9.